The van der Waals surface area contributed by atoms with Crippen LogP contribution in [-0.2, 0) is 12.8 Å². The first-order chi connectivity index (χ1) is 14.7. The minimum atomic E-state index is -0.140. The summed E-state index contributed by atoms with van der Waals surface area (Å²) in [4.78, 5) is 13.3. The Bertz CT molecular complexity index is 1340. The molecular weight excluding hydrogens is 396 g/mol. The molecule has 0 aromatic heterocycles. The predicted molar refractivity (Wildman–Crippen MR) is 117 cm³/mol. The van der Waals surface area contributed by atoms with E-state index >= 15 is 0 Å². The minimum absolute atomic E-state index is 0.135. The Hall–Kier alpha value is -3.04. The van der Waals surface area contributed by atoms with Gasteiger partial charge >= 0.3 is 0 Å². The van der Waals surface area contributed by atoms with Crippen molar-refractivity contribution in [3.05, 3.63) is 80.7 Å². The fourth-order valence-corrected chi connectivity index (χ4v) is 4.98. The van der Waals surface area contributed by atoms with Crippen LogP contribution in [0.4, 0.5) is 0 Å². The van der Waals surface area contributed by atoms with Crippen LogP contribution >= 0.6 is 11.6 Å². The lowest BCUT2D eigenvalue weighted by Gasteiger charge is -2.21. The first-order valence-corrected chi connectivity index (χ1v) is 10.6. The standard InChI is InChI=1S/C26H19ClO3/c27-19-7-3-16-5-8-20-21(23(16)13-19)9-4-15-1-2-17(11-22(15)20)26(28)18-6-10-24-25(12-18)30-14-29-24/h3-4,6-13,17H,1-2,5,14H2. The summed E-state index contributed by atoms with van der Waals surface area (Å²) in [6.07, 6.45) is 7.05. The van der Waals surface area contributed by atoms with Gasteiger partial charge in [-0.05, 0) is 82.3 Å². The van der Waals surface area contributed by atoms with E-state index in [0.717, 1.165) is 24.3 Å². The summed E-state index contributed by atoms with van der Waals surface area (Å²) >= 11 is 6.28. The van der Waals surface area contributed by atoms with Gasteiger partial charge in [-0.15, -0.1) is 0 Å². The molecule has 3 aromatic rings. The van der Waals surface area contributed by atoms with Crippen LogP contribution < -0.4 is 19.9 Å². The molecule has 4 heteroatoms. The SMILES string of the molecule is O=C(c1ccc2c(c1)OCO2)C1C=c2c(ccc3c2=CCc2ccc(Cl)cc2-3)CC1. The Kier molecular flexibility index (Phi) is 4.00. The molecular formula is C26H19ClO3. The summed E-state index contributed by atoms with van der Waals surface area (Å²) in [7, 11) is 0. The van der Waals surface area contributed by atoms with Crippen molar-refractivity contribution in [1.29, 1.82) is 0 Å². The number of Topliss-reactive ketones (excluding diaryl/α,β-unsaturated/α-hetero) is 1. The number of benzene rings is 3. The van der Waals surface area contributed by atoms with Crippen LogP contribution in [0.3, 0.4) is 0 Å². The Labute approximate surface area is 179 Å². The average Bonchev–Trinajstić information content (AvgIpc) is 3.25. The van der Waals surface area contributed by atoms with Gasteiger partial charge in [0, 0.05) is 16.5 Å². The maximum absolute atomic E-state index is 13.3. The largest absolute Gasteiger partial charge is 0.454 e. The van der Waals surface area contributed by atoms with Crippen LogP contribution in [0.25, 0.3) is 23.3 Å². The maximum Gasteiger partial charge on any atom is 0.231 e. The molecule has 3 aliphatic rings. The normalized spacial score (nSPS) is 17.8. The number of rotatable bonds is 2. The molecule has 3 nitrogen and oxygen atoms in total. The highest BCUT2D eigenvalue weighted by Gasteiger charge is 2.25. The van der Waals surface area contributed by atoms with Gasteiger partial charge < -0.3 is 9.47 Å². The third-order valence-electron chi connectivity index (χ3n) is 6.35. The molecule has 0 fully saturated rings. The van der Waals surface area contributed by atoms with E-state index < -0.39 is 0 Å². The molecule has 2 aliphatic carbocycles. The number of aryl methyl sites for hydroxylation is 1. The third kappa shape index (κ3) is 2.77. The van der Waals surface area contributed by atoms with Crippen molar-refractivity contribution in [2.24, 2.45) is 5.92 Å². The van der Waals surface area contributed by atoms with Gasteiger partial charge in [-0.2, -0.15) is 0 Å². The molecule has 0 spiro atoms. The second kappa shape index (κ2) is 6.75. The van der Waals surface area contributed by atoms with Crippen molar-refractivity contribution in [3.63, 3.8) is 0 Å². The van der Waals surface area contributed by atoms with Crippen LogP contribution in [-0.4, -0.2) is 12.6 Å². The lowest BCUT2D eigenvalue weighted by Crippen LogP contribution is -2.37. The maximum atomic E-state index is 13.3. The molecule has 1 atom stereocenters. The Balaban J connectivity index is 1.44. The molecule has 1 heterocycles. The number of carbonyl (C=O) groups is 1. The number of fused-ring (bicyclic) bond motifs is 6. The molecule has 148 valence electrons. The smallest absolute Gasteiger partial charge is 0.231 e. The molecule has 0 amide bonds. The summed E-state index contributed by atoms with van der Waals surface area (Å²) in [6.45, 7) is 0.212. The lowest BCUT2D eigenvalue weighted by atomic mass is 9.82. The van der Waals surface area contributed by atoms with Crippen molar-refractivity contribution in [3.8, 4) is 22.6 Å². The molecule has 1 aliphatic heterocycles. The second-order valence-electron chi connectivity index (χ2n) is 8.05. The van der Waals surface area contributed by atoms with E-state index in [2.05, 4.69) is 30.4 Å². The van der Waals surface area contributed by atoms with E-state index in [1.54, 1.807) is 6.07 Å². The molecule has 0 saturated heterocycles. The molecule has 3 aromatic carbocycles. The predicted octanol–water partition coefficient (Wildman–Crippen LogP) is 4.30. The zero-order chi connectivity index (χ0) is 20.2. The average molecular weight is 415 g/mol. The number of hydrogen-bond donors (Lipinski definition) is 0. The van der Waals surface area contributed by atoms with Gasteiger partial charge in [0.25, 0.3) is 0 Å². The van der Waals surface area contributed by atoms with E-state index in [1.165, 1.54) is 32.7 Å². The molecule has 0 radical (unpaired) electrons. The van der Waals surface area contributed by atoms with Crippen molar-refractivity contribution in [2.45, 2.75) is 19.3 Å². The number of ketones is 1. The van der Waals surface area contributed by atoms with Crippen LogP contribution in [0.15, 0.2) is 48.5 Å². The Morgan fingerprint density at radius 2 is 1.77 bits per heavy atom. The third-order valence-corrected chi connectivity index (χ3v) is 6.59. The van der Waals surface area contributed by atoms with Gasteiger partial charge in [-0.1, -0.05) is 42.0 Å². The van der Waals surface area contributed by atoms with Crippen LogP contribution in [0, 0.1) is 5.92 Å². The highest BCUT2D eigenvalue weighted by atomic mass is 35.5. The summed E-state index contributed by atoms with van der Waals surface area (Å²) < 4.78 is 10.8. The van der Waals surface area contributed by atoms with Crippen LogP contribution in [0.2, 0.25) is 5.02 Å². The van der Waals surface area contributed by atoms with Gasteiger partial charge in [-0.3, -0.25) is 4.79 Å². The summed E-state index contributed by atoms with van der Waals surface area (Å²) in [6, 6.07) is 16.0. The van der Waals surface area contributed by atoms with Crippen molar-refractivity contribution >= 4 is 29.5 Å². The van der Waals surface area contributed by atoms with Crippen molar-refractivity contribution in [2.75, 3.05) is 6.79 Å². The van der Waals surface area contributed by atoms with Gasteiger partial charge in [0.15, 0.2) is 17.3 Å². The number of ether oxygens (including phenoxy) is 2. The summed E-state index contributed by atoms with van der Waals surface area (Å²) in [5.41, 5.74) is 5.67. The molecule has 0 saturated carbocycles. The zero-order valence-electron chi connectivity index (χ0n) is 16.3. The first kappa shape index (κ1) is 17.8. The fourth-order valence-electron chi connectivity index (χ4n) is 4.81. The van der Waals surface area contributed by atoms with Crippen LogP contribution in [0.1, 0.15) is 27.9 Å². The van der Waals surface area contributed by atoms with E-state index in [0.29, 0.717) is 17.1 Å². The quantitative estimate of drug-likeness (QED) is 0.586. The first-order valence-electron chi connectivity index (χ1n) is 10.2. The number of halogens is 1. The van der Waals surface area contributed by atoms with Gasteiger partial charge in [-0.25, -0.2) is 0 Å². The Morgan fingerprint density at radius 3 is 2.70 bits per heavy atom. The summed E-state index contributed by atoms with van der Waals surface area (Å²) in [5, 5.41) is 3.17. The van der Waals surface area contributed by atoms with E-state index in [9.17, 15) is 4.79 Å². The van der Waals surface area contributed by atoms with E-state index in [4.69, 9.17) is 21.1 Å². The monoisotopic (exact) mass is 414 g/mol. The zero-order valence-corrected chi connectivity index (χ0v) is 17.0. The molecule has 0 N–H and O–H groups in total. The van der Waals surface area contributed by atoms with E-state index in [-0.39, 0.29) is 18.5 Å². The Morgan fingerprint density at radius 1 is 0.900 bits per heavy atom. The van der Waals surface area contributed by atoms with Crippen LogP contribution in [0.5, 0.6) is 11.5 Å². The number of hydrogen-bond acceptors (Lipinski definition) is 3. The molecule has 1 unspecified atom stereocenters. The van der Waals surface area contributed by atoms with Gasteiger partial charge in [0.2, 0.25) is 6.79 Å². The van der Waals surface area contributed by atoms with E-state index in [1.807, 2.05) is 24.3 Å². The fraction of sp³-hybridized carbons (Fsp3) is 0.192. The topological polar surface area (TPSA) is 35.5 Å². The number of carbonyl (C=O) groups excluding carboxylic acids is 1. The van der Waals surface area contributed by atoms with Gasteiger partial charge in [0.05, 0.1) is 0 Å². The highest BCUT2D eigenvalue weighted by Crippen LogP contribution is 2.34. The summed E-state index contributed by atoms with van der Waals surface area (Å²) in [5.74, 6) is 1.34. The lowest BCUT2D eigenvalue weighted by molar-refractivity contribution is 0.0946. The molecule has 0 bridgehead atoms. The molecule has 30 heavy (non-hydrogen) atoms. The minimum Gasteiger partial charge on any atom is -0.454 e. The highest BCUT2D eigenvalue weighted by molar-refractivity contribution is 6.30. The van der Waals surface area contributed by atoms with Crippen molar-refractivity contribution in [1.82, 2.24) is 0 Å². The van der Waals surface area contributed by atoms with Gasteiger partial charge in [0.1, 0.15) is 0 Å². The second-order valence-corrected chi connectivity index (χ2v) is 8.49. The van der Waals surface area contributed by atoms with Crippen molar-refractivity contribution < 1.29 is 14.3 Å². The molecule has 6 rings (SSSR count).